The summed E-state index contributed by atoms with van der Waals surface area (Å²) < 4.78 is 0. The predicted octanol–water partition coefficient (Wildman–Crippen LogP) is 2.96. The SMILES string of the molecule is CC(C)CNCc1ccc(Cl)c(C#N)c1. The molecule has 0 bridgehead atoms. The summed E-state index contributed by atoms with van der Waals surface area (Å²) in [5.41, 5.74) is 1.64. The highest BCUT2D eigenvalue weighted by Crippen LogP contribution is 2.16. The van der Waals surface area contributed by atoms with Crippen LogP contribution in [0.25, 0.3) is 0 Å². The van der Waals surface area contributed by atoms with Crippen molar-refractivity contribution in [1.29, 1.82) is 5.26 Å². The lowest BCUT2D eigenvalue weighted by molar-refractivity contribution is 0.552. The molecule has 80 valence electrons. The van der Waals surface area contributed by atoms with Gasteiger partial charge in [0, 0.05) is 6.54 Å². The highest BCUT2D eigenvalue weighted by Gasteiger charge is 2.01. The Kier molecular flexibility index (Phi) is 4.61. The first kappa shape index (κ1) is 12.0. The molecule has 0 radical (unpaired) electrons. The van der Waals surface area contributed by atoms with Crippen LogP contribution in [0.15, 0.2) is 18.2 Å². The minimum Gasteiger partial charge on any atom is -0.312 e. The maximum atomic E-state index is 8.80. The van der Waals surface area contributed by atoms with E-state index in [1.165, 1.54) is 0 Å². The Morgan fingerprint density at radius 2 is 2.20 bits per heavy atom. The third-order valence-corrected chi connectivity index (χ3v) is 2.36. The maximum absolute atomic E-state index is 8.80. The fourth-order valence-electron chi connectivity index (χ4n) is 1.27. The van der Waals surface area contributed by atoms with Crippen LogP contribution in [0, 0.1) is 17.2 Å². The number of rotatable bonds is 4. The summed E-state index contributed by atoms with van der Waals surface area (Å²) in [4.78, 5) is 0. The Balaban J connectivity index is 2.60. The number of hydrogen-bond acceptors (Lipinski definition) is 2. The third kappa shape index (κ3) is 3.91. The van der Waals surface area contributed by atoms with Crippen LogP contribution in [0.2, 0.25) is 5.02 Å². The summed E-state index contributed by atoms with van der Waals surface area (Å²) in [5.74, 6) is 0.632. The van der Waals surface area contributed by atoms with Crippen LogP contribution in [0.4, 0.5) is 0 Å². The Morgan fingerprint density at radius 3 is 2.80 bits per heavy atom. The van der Waals surface area contributed by atoms with Gasteiger partial charge in [-0.25, -0.2) is 0 Å². The second-order valence-electron chi connectivity index (χ2n) is 3.95. The van der Waals surface area contributed by atoms with Crippen molar-refractivity contribution >= 4 is 11.6 Å². The van der Waals surface area contributed by atoms with Crippen molar-refractivity contribution in [3.05, 3.63) is 34.3 Å². The van der Waals surface area contributed by atoms with Gasteiger partial charge in [-0.1, -0.05) is 31.5 Å². The molecule has 15 heavy (non-hydrogen) atoms. The number of nitrogens with zero attached hydrogens (tertiary/aromatic N) is 1. The molecule has 0 unspecified atom stereocenters. The van der Waals surface area contributed by atoms with Crippen molar-refractivity contribution in [3.8, 4) is 6.07 Å². The molecule has 0 heterocycles. The van der Waals surface area contributed by atoms with E-state index in [2.05, 4.69) is 25.2 Å². The molecule has 0 aromatic heterocycles. The normalized spacial score (nSPS) is 10.3. The first-order chi connectivity index (χ1) is 7.13. The van der Waals surface area contributed by atoms with E-state index in [1.54, 1.807) is 6.07 Å². The highest BCUT2D eigenvalue weighted by atomic mass is 35.5. The summed E-state index contributed by atoms with van der Waals surface area (Å²) in [5, 5.41) is 12.6. The quantitative estimate of drug-likeness (QED) is 0.850. The van der Waals surface area contributed by atoms with Crippen molar-refractivity contribution in [1.82, 2.24) is 5.32 Å². The van der Waals surface area contributed by atoms with E-state index in [9.17, 15) is 0 Å². The zero-order valence-corrected chi connectivity index (χ0v) is 9.80. The molecule has 1 rings (SSSR count). The minimum absolute atomic E-state index is 0.519. The number of hydrogen-bond donors (Lipinski definition) is 1. The number of halogens is 1. The van der Waals surface area contributed by atoms with Gasteiger partial charge in [0.05, 0.1) is 10.6 Å². The Hall–Kier alpha value is -1.04. The smallest absolute Gasteiger partial charge is 0.101 e. The van der Waals surface area contributed by atoms with Crippen LogP contribution in [0.3, 0.4) is 0 Å². The van der Waals surface area contributed by atoms with Crippen LogP contribution >= 0.6 is 11.6 Å². The molecule has 0 fully saturated rings. The largest absolute Gasteiger partial charge is 0.312 e. The molecule has 0 aliphatic rings. The van der Waals surface area contributed by atoms with E-state index >= 15 is 0 Å². The van der Waals surface area contributed by atoms with Gasteiger partial charge in [0.1, 0.15) is 6.07 Å². The standard InChI is InChI=1S/C12H15ClN2/c1-9(2)7-15-8-10-3-4-12(13)11(5-10)6-14/h3-5,9,15H,7-8H2,1-2H3. The van der Waals surface area contributed by atoms with Crippen molar-refractivity contribution in [2.45, 2.75) is 20.4 Å². The lowest BCUT2D eigenvalue weighted by Crippen LogP contribution is -2.18. The first-order valence-corrected chi connectivity index (χ1v) is 5.40. The molecule has 0 amide bonds. The van der Waals surface area contributed by atoms with Gasteiger partial charge < -0.3 is 5.32 Å². The molecular formula is C12H15ClN2. The van der Waals surface area contributed by atoms with Crippen molar-refractivity contribution in [3.63, 3.8) is 0 Å². The second-order valence-corrected chi connectivity index (χ2v) is 4.36. The Bertz CT molecular complexity index is 366. The molecule has 0 aliphatic carbocycles. The van der Waals surface area contributed by atoms with Crippen LogP contribution in [-0.2, 0) is 6.54 Å². The zero-order chi connectivity index (χ0) is 11.3. The van der Waals surface area contributed by atoms with E-state index in [0.717, 1.165) is 18.7 Å². The lowest BCUT2D eigenvalue weighted by Gasteiger charge is -2.07. The molecule has 1 N–H and O–H groups in total. The third-order valence-electron chi connectivity index (χ3n) is 2.03. The summed E-state index contributed by atoms with van der Waals surface area (Å²) in [6, 6.07) is 7.62. The summed E-state index contributed by atoms with van der Waals surface area (Å²) >= 11 is 5.84. The zero-order valence-electron chi connectivity index (χ0n) is 9.05. The average Bonchev–Trinajstić information content (AvgIpc) is 2.20. The van der Waals surface area contributed by atoms with E-state index < -0.39 is 0 Å². The number of benzene rings is 1. The topological polar surface area (TPSA) is 35.8 Å². The summed E-state index contributed by atoms with van der Waals surface area (Å²) in [6.45, 7) is 6.08. The molecule has 1 aromatic carbocycles. The summed E-state index contributed by atoms with van der Waals surface area (Å²) in [6.07, 6.45) is 0. The van der Waals surface area contributed by atoms with Gasteiger partial charge in [-0.3, -0.25) is 0 Å². The minimum atomic E-state index is 0.519. The molecule has 3 heteroatoms. The van der Waals surface area contributed by atoms with E-state index in [-0.39, 0.29) is 0 Å². The van der Waals surface area contributed by atoms with Crippen LogP contribution in [0.5, 0.6) is 0 Å². The van der Waals surface area contributed by atoms with Gasteiger partial charge in [-0.2, -0.15) is 5.26 Å². The second kappa shape index (κ2) is 5.75. The number of nitriles is 1. The van der Waals surface area contributed by atoms with Gasteiger partial charge in [-0.15, -0.1) is 0 Å². The van der Waals surface area contributed by atoms with Crippen molar-refractivity contribution < 1.29 is 0 Å². The number of nitrogens with one attached hydrogen (secondary N) is 1. The Labute approximate surface area is 95.9 Å². The Morgan fingerprint density at radius 1 is 1.47 bits per heavy atom. The van der Waals surface area contributed by atoms with Gasteiger partial charge in [0.2, 0.25) is 0 Å². The van der Waals surface area contributed by atoms with Crippen molar-refractivity contribution in [2.75, 3.05) is 6.54 Å². The average molecular weight is 223 g/mol. The molecule has 0 saturated carbocycles. The fraction of sp³-hybridized carbons (Fsp3) is 0.417. The van der Waals surface area contributed by atoms with E-state index in [4.69, 9.17) is 16.9 Å². The molecule has 0 saturated heterocycles. The first-order valence-electron chi connectivity index (χ1n) is 5.02. The predicted molar refractivity (Wildman–Crippen MR) is 62.7 cm³/mol. The van der Waals surface area contributed by atoms with Crippen LogP contribution < -0.4 is 5.32 Å². The van der Waals surface area contributed by atoms with Gasteiger partial charge in [-0.05, 0) is 30.2 Å². The van der Waals surface area contributed by atoms with Gasteiger partial charge in [0.25, 0.3) is 0 Å². The van der Waals surface area contributed by atoms with Gasteiger partial charge in [0.15, 0.2) is 0 Å². The molecular weight excluding hydrogens is 208 g/mol. The monoisotopic (exact) mass is 222 g/mol. The summed E-state index contributed by atoms with van der Waals surface area (Å²) in [7, 11) is 0. The molecule has 1 aromatic rings. The van der Waals surface area contributed by atoms with E-state index in [0.29, 0.717) is 16.5 Å². The molecule has 0 spiro atoms. The fourth-order valence-corrected chi connectivity index (χ4v) is 1.43. The van der Waals surface area contributed by atoms with E-state index in [1.807, 2.05) is 12.1 Å². The lowest BCUT2D eigenvalue weighted by atomic mass is 10.1. The molecule has 0 atom stereocenters. The molecule has 0 aliphatic heterocycles. The van der Waals surface area contributed by atoms with Crippen molar-refractivity contribution in [2.24, 2.45) is 5.92 Å². The molecule has 2 nitrogen and oxygen atoms in total. The van der Waals surface area contributed by atoms with Crippen LogP contribution in [0.1, 0.15) is 25.0 Å². The van der Waals surface area contributed by atoms with Gasteiger partial charge >= 0.3 is 0 Å². The maximum Gasteiger partial charge on any atom is 0.101 e. The highest BCUT2D eigenvalue weighted by molar-refractivity contribution is 6.31. The van der Waals surface area contributed by atoms with Crippen LogP contribution in [-0.4, -0.2) is 6.54 Å².